The van der Waals surface area contributed by atoms with E-state index in [0.29, 0.717) is 34.2 Å². The first kappa shape index (κ1) is 16.3. The fraction of sp³-hybridized carbons (Fsp3) is 0.600. The average molecular weight is 312 g/mol. The van der Waals surface area contributed by atoms with Gasteiger partial charge in [0.2, 0.25) is 10.0 Å². The summed E-state index contributed by atoms with van der Waals surface area (Å²) in [7, 11) is -3.55. The van der Waals surface area contributed by atoms with Crippen LogP contribution in [0.2, 0.25) is 0 Å². The number of nitrogens with one attached hydrogen (secondary N) is 1. The number of aliphatic hydroxyl groups is 1. The minimum Gasteiger partial charge on any atom is -0.398 e. The molecule has 0 spiro atoms. The van der Waals surface area contributed by atoms with E-state index < -0.39 is 10.0 Å². The highest BCUT2D eigenvalue weighted by Crippen LogP contribution is 2.26. The van der Waals surface area contributed by atoms with Gasteiger partial charge in [-0.15, -0.1) is 0 Å². The first-order valence-corrected chi connectivity index (χ1v) is 8.83. The molecule has 0 saturated heterocycles. The Hall–Kier alpha value is -1.11. The van der Waals surface area contributed by atoms with Gasteiger partial charge in [0.15, 0.2) is 0 Å². The SMILES string of the molecule is Cc1ccc(N)c(C)c1S(=O)(=O)NCC1CCC(O)CC1. The summed E-state index contributed by atoms with van der Waals surface area (Å²) in [4.78, 5) is 0.290. The van der Waals surface area contributed by atoms with Crippen molar-refractivity contribution in [1.82, 2.24) is 4.72 Å². The van der Waals surface area contributed by atoms with Crippen LogP contribution in [0.15, 0.2) is 17.0 Å². The second kappa shape index (κ2) is 6.34. The highest BCUT2D eigenvalue weighted by molar-refractivity contribution is 7.89. The number of nitrogen functional groups attached to an aromatic ring is 1. The third kappa shape index (κ3) is 3.75. The molecule has 2 rings (SSSR count). The van der Waals surface area contributed by atoms with Gasteiger partial charge >= 0.3 is 0 Å². The van der Waals surface area contributed by atoms with E-state index in [0.717, 1.165) is 25.7 Å². The molecule has 5 nitrogen and oxygen atoms in total. The Morgan fingerprint density at radius 1 is 1.24 bits per heavy atom. The summed E-state index contributed by atoms with van der Waals surface area (Å²) in [5, 5.41) is 9.48. The molecule has 1 saturated carbocycles. The van der Waals surface area contributed by atoms with E-state index in [-0.39, 0.29) is 6.10 Å². The number of benzene rings is 1. The normalized spacial score (nSPS) is 23.2. The molecule has 1 aliphatic rings. The molecule has 118 valence electrons. The number of aliphatic hydroxyl groups excluding tert-OH is 1. The summed E-state index contributed by atoms with van der Waals surface area (Å²) in [6.45, 7) is 3.93. The third-order valence-electron chi connectivity index (χ3n) is 4.29. The van der Waals surface area contributed by atoms with Gasteiger partial charge < -0.3 is 10.8 Å². The van der Waals surface area contributed by atoms with Gasteiger partial charge in [0.1, 0.15) is 0 Å². The van der Waals surface area contributed by atoms with Gasteiger partial charge in [-0.3, -0.25) is 0 Å². The summed E-state index contributed by atoms with van der Waals surface area (Å²) < 4.78 is 27.7. The summed E-state index contributed by atoms with van der Waals surface area (Å²) in [6.07, 6.45) is 3.00. The monoisotopic (exact) mass is 312 g/mol. The Morgan fingerprint density at radius 2 is 1.86 bits per heavy atom. The lowest BCUT2D eigenvalue weighted by molar-refractivity contribution is 0.109. The summed E-state index contributed by atoms with van der Waals surface area (Å²) in [5.74, 6) is 0.296. The molecule has 0 atom stereocenters. The molecule has 6 heteroatoms. The molecule has 0 aliphatic heterocycles. The van der Waals surface area contributed by atoms with E-state index in [4.69, 9.17) is 5.73 Å². The van der Waals surface area contributed by atoms with Crippen LogP contribution in [0.1, 0.15) is 36.8 Å². The van der Waals surface area contributed by atoms with Crippen LogP contribution in [-0.2, 0) is 10.0 Å². The number of hydrogen-bond acceptors (Lipinski definition) is 4. The van der Waals surface area contributed by atoms with E-state index in [1.165, 1.54) is 0 Å². The van der Waals surface area contributed by atoms with Crippen molar-refractivity contribution in [2.45, 2.75) is 50.5 Å². The molecule has 1 fully saturated rings. The number of rotatable bonds is 4. The molecule has 0 aromatic heterocycles. The average Bonchev–Trinajstić information content (AvgIpc) is 2.43. The van der Waals surface area contributed by atoms with Crippen LogP contribution < -0.4 is 10.5 Å². The molecule has 1 aromatic rings. The van der Waals surface area contributed by atoms with Crippen LogP contribution in [0.4, 0.5) is 5.69 Å². The number of aryl methyl sites for hydroxylation is 1. The second-order valence-corrected chi connectivity index (χ2v) is 7.66. The highest BCUT2D eigenvalue weighted by Gasteiger charge is 2.24. The molecular formula is C15H24N2O3S. The van der Waals surface area contributed by atoms with E-state index in [9.17, 15) is 13.5 Å². The molecule has 21 heavy (non-hydrogen) atoms. The molecule has 4 N–H and O–H groups in total. The van der Waals surface area contributed by atoms with Crippen LogP contribution in [0.25, 0.3) is 0 Å². The summed E-state index contributed by atoms with van der Waals surface area (Å²) >= 11 is 0. The van der Waals surface area contributed by atoms with E-state index >= 15 is 0 Å². The van der Waals surface area contributed by atoms with Crippen LogP contribution in [0, 0.1) is 19.8 Å². The highest BCUT2D eigenvalue weighted by atomic mass is 32.2. The minimum atomic E-state index is -3.55. The molecule has 0 amide bonds. The molecule has 1 aliphatic carbocycles. The number of sulfonamides is 1. The molecule has 0 heterocycles. The van der Waals surface area contributed by atoms with Gasteiger partial charge in [-0.25, -0.2) is 13.1 Å². The maximum absolute atomic E-state index is 12.5. The first-order chi connectivity index (χ1) is 9.81. The van der Waals surface area contributed by atoms with Crippen molar-refractivity contribution in [3.05, 3.63) is 23.3 Å². The lowest BCUT2D eigenvalue weighted by atomic mass is 9.88. The zero-order valence-corrected chi connectivity index (χ0v) is 13.4. The Balaban J connectivity index is 2.11. The zero-order chi connectivity index (χ0) is 15.6. The van der Waals surface area contributed by atoms with Crippen molar-refractivity contribution >= 4 is 15.7 Å². The van der Waals surface area contributed by atoms with Crippen LogP contribution in [-0.4, -0.2) is 26.2 Å². The number of nitrogens with two attached hydrogens (primary N) is 1. The maximum Gasteiger partial charge on any atom is 0.241 e. The molecule has 0 bridgehead atoms. The fourth-order valence-electron chi connectivity index (χ4n) is 2.90. The van der Waals surface area contributed by atoms with Crippen LogP contribution in [0.5, 0.6) is 0 Å². The van der Waals surface area contributed by atoms with Crippen molar-refractivity contribution in [3.8, 4) is 0 Å². The topological polar surface area (TPSA) is 92.4 Å². The van der Waals surface area contributed by atoms with E-state index in [1.807, 2.05) is 0 Å². The van der Waals surface area contributed by atoms with Gasteiger partial charge in [-0.05, 0) is 62.6 Å². The Kier molecular flexibility index (Phi) is 4.91. The smallest absolute Gasteiger partial charge is 0.241 e. The molecule has 0 unspecified atom stereocenters. The largest absolute Gasteiger partial charge is 0.398 e. The summed E-state index contributed by atoms with van der Waals surface area (Å²) in [5.41, 5.74) is 7.61. The standard InChI is InChI=1S/C15H24N2O3S/c1-10-3-8-14(16)11(2)15(10)21(19,20)17-9-12-4-6-13(18)7-5-12/h3,8,12-13,17-18H,4-7,9,16H2,1-2H3. The Labute approximate surface area is 126 Å². The number of hydrogen-bond donors (Lipinski definition) is 3. The molecule has 0 radical (unpaired) electrons. The second-order valence-electron chi connectivity index (χ2n) is 5.95. The van der Waals surface area contributed by atoms with Gasteiger partial charge in [0.25, 0.3) is 0 Å². The quantitative estimate of drug-likeness (QED) is 0.738. The number of anilines is 1. The predicted molar refractivity (Wildman–Crippen MR) is 83.5 cm³/mol. The zero-order valence-electron chi connectivity index (χ0n) is 12.6. The van der Waals surface area contributed by atoms with Crippen molar-refractivity contribution in [2.24, 2.45) is 5.92 Å². The summed E-state index contributed by atoms with van der Waals surface area (Å²) in [6, 6.07) is 3.46. The van der Waals surface area contributed by atoms with Gasteiger partial charge in [0, 0.05) is 12.2 Å². The van der Waals surface area contributed by atoms with Crippen molar-refractivity contribution in [2.75, 3.05) is 12.3 Å². The predicted octanol–water partition coefficient (Wildman–Crippen LogP) is 1.72. The van der Waals surface area contributed by atoms with Crippen LogP contribution in [0.3, 0.4) is 0 Å². The maximum atomic E-state index is 12.5. The van der Waals surface area contributed by atoms with Gasteiger partial charge in [0.05, 0.1) is 11.0 Å². The van der Waals surface area contributed by atoms with Crippen molar-refractivity contribution in [3.63, 3.8) is 0 Å². The Morgan fingerprint density at radius 3 is 2.48 bits per heavy atom. The first-order valence-electron chi connectivity index (χ1n) is 7.34. The Bertz CT molecular complexity index is 606. The van der Waals surface area contributed by atoms with Crippen molar-refractivity contribution in [1.29, 1.82) is 0 Å². The lowest BCUT2D eigenvalue weighted by Crippen LogP contribution is -2.33. The lowest BCUT2D eigenvalue weighted by Gasteiger charge is -2.25. The van der Waals surface area contributed by atoms with E-state index in [2.05, 4.69) is 4.72 Å². The minimum absolute atomic E-state index is 0.226. The van der Waals surface area contributed by atoms with Gasteiger partial charge in [-0.1, -0.05) is 6.07 Å². The van der Waals surface area contributed by atoms with Crippen molar-refractivity contribution < 1.29 is 13.5 Å². The third-order valence-corrected chi connectivity index (χ3v) is 6.00. The van der Waals surface area contributed by atoms with Crippen LogP contribution >= 0.6 is 0 Å². The van der Waals surface area contributed by atoms with Gasteiger partial charge in [-0.2, -0.15) is 0 Å². The molecule has 1 aromatic carbocycles. The van der Waals surface area contributed by atoms with E-state index in [1.54, 1.807) is 26.0 Å². The fourth-order valence-corrected chi connectivity index (χ4v) is 4.52. The molecular weight excluding hydrogens is 288 g/mol.